The molecular formula is C20H14Cl2NNa2O9S2+. The standard InChI is InChI=1S/C20H15Cl2NO9S2.2Na/c1-10-13(21)7-15(29-2)19-18(10)17(9-23-19)31-34(27,28)30-16-8-14(22)11-5-3-4-6-12(11)20(16)32-33(24,25)26;;/h3-9,23H,1-2H3,(H,24,25,26);;/q;2*+1/p-1. The molecule has 0 aliphatic rings. The van der Waals surface area contributed by atoms with Gasteiger partial charge in [0.1, 0.15) is 5.75 Å². The van der Waals surface area contributed by atoms with Crippen LogP contribution in [0, 0.1) is 6.92 Å². The van der Waals surface area contributed by atoms with Crippen molar-refractivity contribution in [2.75, 3.05) is 7.11 Å². The van der Waals surface area contributed by atoms with E-state index in [1.54, 1.807) is 19.1 Å². The Morgan fingerprint density at radius 2 is 1.44 bits per heavy atom. The van der Waals surface area contributed by atoms with Crippen LogP contribution in [0.3, 0.4) is 0 Å². The number of benzene rings is 3. The first-order valence-corrected chi connectivity index (χ1v) is 12.7. The summed E-state index contributed by atoms with van der Waals surface area (Å²) < 4.78 is 79.3. The minimum atomic E-state index is -5.30. The number of ether oxygens (including phenoxy) is 1. The van der Waals surface area contributed by atoms with Crippen LogP contribution >= 0.6 is 23.2 Å². The van der Waals surface area contributed by atoms with Crippen LogP contribution in [0.5, 0.6) is 23.0 Å². The second-order valence-corrected chi connectivity index (χ2v) is 9.83. The summed E-state index contributed by atoms with van der Waals surface area (Å²) in [7, 11) is -8.79. The van der Waals surface area contributed by atoms with E-state index >= 15 is 0 Å². The number of aromatic amines is 1. The summed E-state index contributed by atoms with van der Waals surface area (Å²) in [4.78, 5) is 2.84. The van der Waals surface area contributed by atoms with Crippen molar-refractivity contribution in [2.45, 2.75) is 6.92 Å². The second kappa shape index (κ2) is 11.9. The van der Waals surface area contributed by atoms with E-state index in [4.69, 9.17) is 36.3 Å². The predicted molar refractivity (Wildman–Crippen MR) is 124 cm³/mol. The Morgan fingerprint density at radius 3 is 2.06 bits per heavy atom. The summed E-state index contributed by atoms with van der Waals surface area (Å²) in [6.45, 7) is 1.65. The molecule has 10 nitrogen and oxygen atoms in total. The number of fused-ring (bicyclic) bond motifs is 2. The van der Waals surface area contributed by atoms with Gasteiger partial charge in [0, 0.05) is 34.1 Å². The molecule has 0 atom stereocenters. The van der Waals surface area contributed by atoms with Crippen LogP contribution in [-0.2, 0) is 20.8 Å². The fraction of sp³-hybridized carbons (Fsp3) is 0.100. The van der Waals surface area contributed by atoms with Crippen LogP contribution in [0.1, 0.15) is 5.56 Å². The number of methoxy groups -OCH3 is 1. The molecule has 0 spiro atoms. The van der Waals surface area contributed by atoms with Crippen LogP contribution in [0.2, 0.25) is 10.0 Å². The number of nitrogens with one attached hydrogen (secondary N) is 1. The summed E-state index contributed by atoms with van der Waals surface area (Å²) in [5.41, 5.74) is 0.920. The van der Waals surface area contributed by atoms with E-state index in [2.05, 4.69) is 9.17 Å². The number of H-pyrrole nitrogens is 1. The molecule has 16 heteroatoms. The number of aryl methyl sites for hydroxylation is 1. The van der Waals surface area contributed by atoms with E-state index in [-0.39, 0.29) is 75.3 Å². The maximum Gasteiger partial charge on any atom is 1.00 e. The molecule has 0 aliphatic carbocycles. The Labute approximate surface area is 261 Å². The molecule has 0 aliphatic heterocycles. The molecule has 180 valence electrons. The molecule has 0 amide bonds. The Bertz CT molecular complexity index is 1660. The third-order valence-corrected chi connectivity index (χ3v) is 6.62. The molecule has 1 heterocycles. The fourth-order valence-corrected chi connectivity index (χ4v) is 4.94. The zero-order chi connectivity index (χ0) is 24.8. The maximum absolute atomic E-state index is 12.8. The average molecular weight is 593 g/mol. The number of hydrogen-bond acceptors (Lipinski definition) is 9. The zero-order valence-electron chi connectivity index (χ0n) is 19.3. The number of aromatic nitrogens is 1. The van der Waals surface area contributed by atoms with Gasteiger partial charge >= 0.3 is 69.5 Å². The molecule has 3 aromatic carbocycles. The second-order valence-electron chi connectivity index (χ2n) is 6.89. The van der Waals surface area contributed by atoms with Crippen molar-refractivity contribution in [2.24, 2.45) is 0 Å². The van der Waals surface area contributed by atoms with E-state index < -0.39 is 32.3 Å². The minimum absolute atomic E-state index is 0. The Kier molecular flexibility index (Phi) is 10.3. The van der Waals surface area contributed by atoms with E-state index in [1.165, 1.54) is 31.5 Å². The van der Waals surface area contributed by atoms with Crippen LogP contribution in [0.25, 0.3) is 21.7 Å². The van der Waals surface area contributed by atoms with Crippen molar-refractivity contribution in [1.29, 1.82) is 0 Å². The quantitative estimate of drug-likeness (QED) is 0.154. The third kappa shape index (κ3) is 6.56. The van der Waals surface area contributed by atoms with Crippen LogP contribution in [0.15, 0.2) is 42.6 Å². The molecular weight excluding hydrogens is 579 g/mol. The van der Waals surface area contributed by atoms with E-state index in [9.17, 15) is 21.4 Å². The molecule has 36 heavy (non-hydrogen) atoms. The zero-order valence-corrected chi connectivity index (χ0v) is 26.4. The van der Waals surface area contributed by atoms with Gasteiger partial charge in [0.2, 0.25) is 0 Å². The van der Waals surface area contributed by atoms with Crippen molar-refractivity contribution in [3.63, 3.8) is 0 Å². The summed E-state index contributed by atoms with van der Waals surface area (Å²) in [5, 5.41) is 0.939. The van der Waals surface area contributed by atoms with Crippen molar-refractivity contribution >= 4 is 65.7 Å². The SMILES string of the molecule is COc1cc(Cl)c(C)c2c(OS(=O)(=O)Oc3cc(Cl)c4ccccc4c3OS(=O)(=O)[O-])c[nH]c12.[Na+].[Na+]. The first-order valence-electron chi connectivity index (χ1n) is 9.25. The molecule has 0 radical (unpaired) electrons. The van der Waals surface area contributed by atoms with Crippen molar-refractivity contribution < 1.29 is 97.8 Å². The topological polar surface area (TPSA) is 144 Å². The summed E-state index contributed by atoms with van der Waals surface area (Å²) >= 11 is 12.4. The van der Waals surface area contributed by atoms with Gasteiger partial charge in [-0.25, -0.2) is 8.42 Å². The first-order chi connectivity index (χ1) is 15.9. The minimum Gasteiger partial charge on any atom is -0.716 e. The third-order valence-electron chi connectivity index (χ3n) is 4.78. The van der Waals surface area contributed by atoms with Crippen molar-refractivity contribution in [1.82, 2.24) is 4.98 Å². The average Bonchev–Trinajstić information content (AvgIpc) is 3.15. The fourth-order valence-electron chi connectivity index (χ4n) is 3.38. The molecule has 0 saturated heterocycles. The normalized spacial score (nSPS) is 11.5. The van der Waals surface area contributed by atoms with Crippen LogP contribution < -0.4 is 76.4 Å². The van der Waals surface area contributed by atoms with Crippen molar-refractivity contribution in [3.8, 4) is 23.0 Å². The van der Waals surface area contributed by atoms with Gasteiger partial charge in [-0.05, 0) is 12.5 Å². The molecule has 1 aromatic heterocycles. The summed E-state index contributed by atoms with van der Waals surface area (Å²) in [6.07, 6.45) is 1.25. The Balaban J connectivity index is 0.00000228. The van der Waals surface area contributed by atoms with Gasteiger partial charge in [-0.2, -0.15) is 0 Å². The predicted octanol–water partition coefficient (Wildman–Crippen LogP) is -1.51. The van der Waals surface area contributed by atoms with Gasteiger partial charge in [0.25, 0.3) is 10.4 Å². The number of halogens is 2. The summed E-state index contributed by atoms with van der Waals surface area (Å²) in [6, 6.07) is 8.54. The molecule has 4 aromatic rings. The first kappa shape index (κ1) is 31.3. The number of hydrogen-bond donors (Lipinski definition) is 1. The number of rotatable bonds is 7. The largest absolute Gasteiger partial charge is 1.00 e. The summed E-state index contributed by atoms with van der Waals surface area (Å²) in [5.74, 6) is -1.16. The monoisotopic (exact) mass is 592 g/mol. The van der Waals surface area contributed by atoms with Gasteiger partial charge in [0.15, 0.2) is 17.2 Å². The smallest absolute Gasteiger partial charge is 0.716 e. The van der Waals surface area contributed by atoms with Gasteiger partial charge < -0.3 is 26.8 Å². The molecule has 4 rings (SSSR count). The van der Waals surface area contributed by atoms with E-state index in [0.717, 1.165) is 6.07 Å². The van der Waals surface area contributed by atoms with Crippen LogP contribution in [-0.4, -0.2) is 33.5 Å². The maximum atomic E-state index is 12.8. The molecule has 0 bridgehead atoms. The Hall–Kier alpha value is -0.900. The Morgan fingerprint density at radius 1 is 0.861 bits per heavy atom. The molecule has 0 saturated carbocycles. The van der Waals surface area contributed by atoms with Gasteiger partial charge in [-0.1, -0.05) is 47.5 Å². The molecule has 0 unspecified atom stereocenters. The van der Waals surface area contributed by atoms with E-state index in [1.807, 2.05) is 0 Å². The molecule has 1 N–H and O–H groups in total. The molecule has 0 fully saturated rings. The van der Waals surface area contributed by atoms with Crippen LogP contribution in [0.4, 0.5) is 0 Å². The van der Waals surface area contributed by atoms with Gasteiger partial charge in [-0.3, -0.25) is 0 Å². The van der Waals surface area contributed by atoms with Crippen molar-refractivity contribution in [3.05, 3.63) is 58.2 Å². The van der Waals surface area contributed by atoms with E-state index in [0.29, 0.717) is 32.6 Å². The van der Waals surface area contributed by atoms with Gasteiger partial charge in [0.05, 0.1) is 23.0 Å². The van der Waals surface area contributed by atoms with Gasteiger partial charge in [-0.15, -0.1) is 8.42 Å².